The third-order valence-electron chi connectivity index (χ3n) is 2.89. The zero-order valence-corrected chi connectivity index (χ0v) is 13.2. The summed E-state index contributed by atoms with van der Waals surface area (Å²) < 4.78 is 2.45. The number of halogens is 1. The summed E-state index contributed by atoms with van der Waals surface area (Å²) in [5.74, 6) is 0. The molecular weight excluding hydrogens is 296 g/mol. The van der Waals surface area contributed by atoms with Crippen LogP contribution in [0.15, 0.2) is 24.5 Å². The Morgan fingerprint density at radius 1 is 1.60 bits per heavy atom. The molecule has 2 amide bonds. The number of aryl methyl sites for hydroxylation is 1. The highest BCUT2D eigenvalue weighted by Crippen LogP contribution is 2.26. The van der Waals surface area contributed by atoms with Gasteiger partial charge >= 0.3 is 6.03 Å². The van der Waals surface area contributed by atoms with Crippen LogP contribution in [0.3, 0.4) is 0 Å². The predicted octanol–water partition coefficient (Wildman–Crippen LogP) is 3.04. The van der Waals surface area contributed by atoms with E-state index in [4.69, 9.17) is 11.6 Å². The van der Waals surface area contributed by atoms with Gasteiger partial charge in [-0.05, 0) is 19.1 Å². The van der Waals surface area contributed by atoms with Gasteiger partial charge in [0.15, 0.2) is 0 Å². The number of aromatic nitrogens is 2. The second-order valence-electron chi connectivity index (χ2n) is 4.69. The van der Waals surface area contributed by atoms with E-state index in [1.165, 1.54) is 11.3 Å². The number of rotatable bonds is 4. The van der Waals surface area contributed by atoms with Crippen molar-refractivity contribution in [3.05, 3.63) is 39.3 Å². The van der Waals surface area contributed by atoms with Gasteiger partial charge in [-0.2, -0.15) is 5.10 Å². The fourth-order valence-corrected chi connectivity index (χ4v) is 2.89. The lowest BCUT2D eigenvalue weighted by molar-refractivity contribution is 0.203. The third kappa shape index (κ3) is 3.74. The molecule has 7 heteroatoms. The fourth-order valence-electron chi connectivity index (χ4n) is 1.83. The van der Waals surface area contributed by atoms with Gasteiger partial charge in [-0.3, -0.25) is 4.68 Å². The number of thiophene rings is 1. The number of nitrogens with one attached hydrogen (secondary N) is 1. The highest BCUT2D eigenvalue weighted by Gasteiger charge is 2.15. The lowest BCUT2D eigenvalue weighted by Crippen LogP contribution is -2.37. The maximum absolute atomic E-state index is 12.1. The summed E-state index contributed by atoms with van der Waals surface area (Å²) in [6.45, 7) is 2.47. The molecular formula is C13H17ClN4OS. The number of carbonyl (C=O) groups excluding carboxylic acids is 1. The van der Waals surface area contributed by atoms with Crippen LogP contribution in [0.4, 0.5) is 4.79 Å². The molecule has 0 radical (unpaired) electrons. The molecule has 1 N–H and O–H groups in total. The van der Waals surface area contributed by atoms with E-state index in [0.717, 1.165) is 14.8 Å². The molecule has 108 valence electrons. The lowest BCUT2D eigenvalue weighted by Gasteiger charge is -2.20. The Bertz CT molecular complexity index is 595. The molecule has 0 fully saturated rings. The zero-order valence-electron chi connectivity index (χ0n) is 11.6. The normalized spacial score (nSPS) is 12.2. The first-order valence-electron chi connectivity index (χ1n) is 6.20. The minimum Gasteiger partial charge on any atom is -0.331 e. The van der Waals surface area contributed by atoms with Crippen molar-refractivity contribution in [2.24, 2.45) is 7.05 Å². The number of hydrogen-bond acceptors (Lipinski definition) is 3. The number of urea groups is 1. The van der Waals surface area contributed by atoms with Gasteiger partial charge in [-0.15, -0.1) is 11.3 Å². The van der Waals surface area contributed by atoms with Crippen molar-refractivity contribution >= 4 is 29.0 Å². The topological polar surface area (TPSA) is 50.2 Å². The number of amides is 2. The summed E-state index contributed by atoms with van der Waals surface area (Å²) >= 11 is 7.38. The molecule has 2 aromatic heterocycles. The van der Waals surface area contributed by atoms with Crippen LogP contribution in [0.2, 0.25) is 4.34 Å². The largest absolute Gasteiger partial charge is 0.331 e. The van der Waals surface area contributed by atoms with Crippen molar-refractivity contribution in [1.82, 2.24) is 20.0 Å². The van der Waals surface area contributed by atoms with Crippen molar-refractivity contribution in [1.29, 1.82) is 0 Å². The average Bonchev–Trinajstić information content (AvgIpc) is 2.98. The van der Waals surface area contributed by atoms with Crippen LogP contribution in [0, 0.1) is 0 Å². The maximum Gasteiger partial charge on any atom is 0.317 e. The molecule has 0 aliphatic heterocycles. The second-order valence-corrected chi connectivity index (χ2v) is 6.44. The highest BCUT2D eigenvalue weighted by molar-refractivity contribution is 7.16. The SMILES string of the molecule is C[C@H](NC(=O)N(C)Cc1cnn(C)c1)c1ccc(Cl)s1. The molecule has 2 rings (SSSR count). The van der Waals surface area contributed by atoms with E-state index in [0.29, 0.717) is 6.54 Å². The van der Waals surface area contributed by atoms with Crippen LogP contribution in [-0.2, 0) is 13.6 Å². The van der Waals surface area contributed by atoms with Gasteiger partial charge in [0.2, 0.25) is 0 Å². The van der Waals surface area contributed by atoms with Crippen LogP contribution in [0.1, 0.15) is 23.4 Å². The number of nitrogens with zero attached hydrogens (tertiary/aromatic N) is 3. The van der Waals surface area contributed by atoms with Crippen molar-refractivity contribution in [3.63, 3.8) is 0 Å². The van der Waals surface area contributed by atoms with Gasteiger partial charge in [-0.1, -0.05) is 11.6 Å². The fraction of sp³-hybridized carbons (Fsp3) is 0.385. The minimum atomic E-state index is -0.120. The molecule has 1 atom stereocenters. The van der Waals surface area contributed by atoms with E-state index in [1.54, 1.807) is 22.8 Å². The molecule has 0 unspecified atom stereocenters. The van der Waals surface area contributed by atoms with Crippen molar-refractivity contribution in [2.45, 2.75) is 19.5 Å². The molecule has 5 nitrogen and oxygen atoms in total. The molecule has 0 saturated heterocycles. The first-order valence-corrected chi connectivity index (χ1v) is 7.39. The van der Waals surface area contributed by atoms with Crippen LogP contribution in [0.5, 0.6) is 0 Å². The Balaban J connectivity index is 1.90. The molecule has 0 aliphatic carbocycles. The van der Waals surface area contributed by atoms with Crippen LogP contribution < -0.4 is 5.32 Å². The summed E-state index contributed by atoms with van der Waals surface area (Å²) in [5.41, 5.74) is 0.997. The van der Waals surface area contributed by atoms with Gasteiger partial charge < -0.3 is 10.2 Å². The Morgan fingerprint density at radius 3 is 2.90 bits per heavy atom. The van der Waals surface area contributed by atoms with E-state index >= 15 is 0 Å². The predicted molar refractivity (Wildman–Crippen MR) is 81.0 cm³/mol. The maximum atomic E-state index is 12.1. The molecule has 0 saturated carbocycles. The molecule has 0 bridgehead atoms. The summed E-state index contributed by atoms with van der Waals surface area (Å²) in [7, 11) is 3.61. The van der Waals surface area contributed by atoms with Crippen molar-refractivity contribution in [2.75, 3.05) is 7.05 Å². The van der Waals surface area contributed by atoms with Crippen molar-refractivity contribution < 1.29 is 4.79 Å². The summed E-state index contributed by atoms with van der Waals surface area (Å²) in [4.78, 5) is 14.8. The quantitative estimate of drug-likeness (QED) is 0.943. The zero-order chi connectivity index (χ0) is 14.7. The Morgan fingerprint density at radius 2 is 2.35 bits per heavy atom. The van der Waals surface area contributed by atoms with E-state index in [9.17, 15) is 4.79 Å². The van der Waals surface area contributed by atoms with Crippen LogP contribution in [0.25, 0.3) is 0 Å². The molecule has 2 aromatic rings. The van der Waals surface area contributed by atoms with E-state index in [-0.39, 0.29) is 12.1 Å². The Hall–Kier alpha value is -1.53. The summed E-state index contributed by atoms with van der Waals surface area (Å²) in [6.07, 6.45) is 3.65. The summed E-state index contributed by atoms with van der Waals surface area (Å²) in [5, 5.41) is 7.03. The van der Waals surface area contributed by atoms with E-state index in [2.05, 4.69) is 10.4 Å². The van der Waals surface area contributed by atoms with Gasteiger partial charge in [0.05, 0.1) is 23.1 Å². The van der Waals surface area contributed by atoms with Gasteiger partial charge in [-0.25, -0.2) is 4.79 Å². The molecule has 2 heterocycles. The standard InChI is InChI=1S/C13H17ClN4OS/c1-9(11-4-5-12(14)20-11)16-13(19)17(2)7-10-6-15-18(3)8-10/h4-6,8-9H,7H2,1-3H3,(H,16,19)/t9-/m0/s1. The molecule has 20 heavy (non-hydrogen) atoms. The van der Waals surface area contributed by atoms with E-state index in [1.807, 2.05) is 32.3 Å². The first kappa shape index (κ1) is 14.9. The van der Waals surface area contributed by atoms with Crippen LogP contribution >= 0.6 is 22.9 Å². The first-order chi connectivity index (χ1) is 9.45. The van der Waals surface area contributed by atoms with Gasteiger partial charge in [0.1, 0.15) is 0 Å². The van der Waals surface area contributed by atoms with Gasteiger partial charge in [0, 0.05) is 30.7 Å². The third-order valence-corrected chi connectivity index (χ3v) is 4.30. The minimum absolute atomic E-state index is 0.0589. The lowest BCUT2D eigenvalue weighted by atomic mass is 10.3. The average molecular weight is 313 g/mol. The van der Waals surface area contributed by atoms with E-state index < -0.39 is 0 Å². The van der Waals surface area contributed by atoms with Crippen molar-refractivity contribution in [3.8, 4) is 0 Å². The van der Waals surface area contributed by atoms with Gasteiger partial charge in [0.25, 0.3) is 0 Å². The monoisotopic (exact) mass is 312 g/mol. The molecule has 0 aromatic carbocycles. The Kier molecular flexibility index (Phi) is 4.67. The number of hydrogen-bond donors (Lipinski definition) is 1. The second kappa shape index (κ2) is 6.28. The highest BCUT2D eigenvalue weighted by atomic mass is 35.5. The molecule has 0 spiro atoms. The molecule has 0 aliphatic rings. The smallest absolute Gasteiger partial charge is 0.317 e. The summed E-state index contributed by atoms with van der Waals surface area (Å²) in [6, 6.07) is 3.59. The Labute approximate surface area is 127 Å². The van der Waals surface area contributed by atoms with Crippen LogP contribution in [-0.4, -0.2) is 27.8 Å². The number of carbonyl (C=O) groups is 1.